The summed E-state index contributed by atoms with van der Waals surface area (Å²) in [7, 11) is 0. The minimum atomic E-state index is -4.69. The smallest absolute Gasteiger partial charge is 0.337 e. The monoisotopic (exact) mass is 371 g/mol. The van der Waals surface area contributed by atoms with Gasteiger partial charge in [-0.2, -0.15) is 13.2 Å². The molecule has 1 aromatic heterocycles. The molecule has 1 aliphatic heterocycles. The van der Waals surface area contributed by atoms with Crippen molar-refractivity contribution in [2.75, 3.05) is 12.4 Å². The number of halogens is 3. The van der Waals surface area contributed by atoms with Gasteiger partial charge in [-0.15, -0.1) is 10.2 Å². The van der Waals surface area contributed by atoms with Crippen LogP contribution in [0.2, 0.25) is 0 Å². The number of nitrogens with zero attached hydrogens (tertiary/aromatic N) is 4. The van der Waals surface area contributed by atoms with Crippen LogP contribution in [0.4, 0.5) is 13.2 Å². The van der Waals surface area contributed by atoms with Gasteiger partial charge in [-0.1, -0.05) is 36.0 Å². The number of carbonyl (C=O) groups excluding carboxylic acids is 1. The van der Waals surface area contributed by atoms with E-state index in [-0.39, 0.29) is 11.1 Å². The summed E-state index contributed by atoms with van der Waals surface area (Å²) in [4.78, 5) is 14.3. The fourth-order valence-electron chi connectivity index (χ4n) is 2.70. The second-order valence-corrected chi connectivity index (χ2v) is 7.02. The summed E-state index contributed by atoms with van der Waals surface area (Å²) in [6, 6.07) is 7.88. The van der Waals surface area contributed by atoms with Crippen molar-refractivity contribution in [2.45, 2.75) is 36.5 Å². The molecule has 134 valence electrons. The molecule has 0 radical (unpaired) electrons. The molecule has 0 spiro atoms. The van der Waals surface area contributed by atoms with E-state index in [1.165, 1.54) is 5.56 Å². The van der Waals surface area contributed by atoms with Crippen molar-refractivity contribution in [3.05, 3.63) is 41.2 Å². The molecule has 2 heterocycles. The Hall–Kier alpha value is -2.23. The molecule has 0 fully saturated rings. The van der Waals surface area contributed by atoms with Gasteiger partial charge in [0, 0.05) is 13.1 Å². The summed E-state index contributed by atoms with van der Waals surface area (Å²) in [6.45, 7) is 2.68. The van der Waals surface area contributed by atoms with Crippen LogP contribution in [0.25, 0.3) is 0 Å². The van der Waals surface area contributed by atoms with E-state index in [1.54, 1.807) is 11.8 Å². The maximum Gasteiger partial charge on any atom is 0.453 e. The summed E-state index contributed by atoms with van der Waals surface area (Å²) >= 11 is 0.863. The highest BCUT2D eigenvalue weighted by Crippen LogP contribution is 2.31. The summed E-state index contributed by atoms with van der Waals surface area (Å²) < 4.78 is 38.5. The van der Waals surface area contributed by atoms with E-state index in [0.717, 1.165) is 23.7 Å². The highest BCUT2D eigenvalue weighted by Gasteiger charge is 2.39. The predicted octanol–water partition coefficient (Wildman–Crippen LogP) is 2.08. The van der Waals surface area contributed by atoms with Gasteiger partial charge < -0.3 is 10.7 Å². The van der Waals surface area contributed by atoms with Crippen LogP contribution in [0.3, 0.4) is 0 Å². The van der Waals surface area contributed by atoms with Crippen molar-refractivity contribution in [3.8, 4) is 0 Å². The maximum absolute atomic E-state index is 12.7. The van der Waals surface area contributed by atoms with Crippen molar-refractivity contribution in [2.24, 2.45) is 0 Å². The molecule has 0 saturated carbocycles. The topological polar surface area (TPSA) is 77.0 Å². The first-order valence-corrected chi connectivity index (χ1v) is 8.45. The standard InChI is InChI=1S/C15H16F3N5OS/c1-9(25-14-21-20-13(23(14)19)15(16,17)18)12(24)22-7-6-10-4-2-3-5-11(10)8-22/h2-5,9H,6-8,19H2,1H3/t9-/m1/s1. The zero-order valence-electron chi connectivity index (χ0n) is 13.3. The molecule has 1 atom stereocenters. The van der Waals surface area contributed by atoms with Crippen molar-refractivity contribution in [3.63, 3.8) is 0 Å². The lowest BCUT2D eigenvalue weighted by Crippen LogP contribution is -2.40. The molecule has 1 aromatic carbocycles. The van der Waals surface area contributed by atoms with Gasteiger partial charge in [0.2, 0.25) is 11.1 Å². The Bertz CT molecular complexity index is 792. The fraction of sp³-hybridized carbons (Fsp3) is 0.400. The van der Waals surface area contributed by atoms with E-state index in [9.17, 15) is 18.0 Å². The van der Waals surface area contributed by atoms with E-state index in [4.69, 9.17) is 5.84 Å². The molecular weight excluding hydrogens is 355 g/mol. The highest BCUT2D eigenvalue weighted by atomic mass is 32.2. The van der Waals surface area contributed by atoms with Crippen LogP contribution in [0.1, 0.15) is 23.9 Å². The number of amides is 1. The quantitative estimate of drug-likeness (QED) is 0.660. The molecule has 1 amide bonds. The van der Waals surface area contributed by atoms with Gasteiger partial charge in [0.25, 0.3) is 5.82 Å². The molecule has 25 heavy (non-hydrogen) atoms. The van der Waals surface area contributed by atoms with Crippen LogP contribution in [0, 0.1) is 0 Å². The van der Waals surface area contributed by atoms with Gasteiger partial charge in [-0.25, -0.2) is 4.68 Å². The molecular formula is C15H16F3N5OS. The number of thioether (sulfide) groups is 1. The summed E-state index contributed by atoms with van der Waals surface area (Å²) in [6.07, 6.45) is -3.94. The number of nitrogen functional groups attached to an aromatic ring is 1. The van der Waals surface area contributed by atoms with Crippen LogP contribution in [0.15, 0.2) is 29.4 Å². The SMILES string of the molecule is C[C@@H](Sc1nnc(C(F)(F)F)n1N)C(=O)N1CCc2ccccc2C1. The van der Waals surface area contributed by atoms with Crippen molar-refractivity contribution in [1.29, 1.82) is 0 Å². The number of benzene rings is 1. The van der Waals surface area contributed by atoms with E-state index in [2.05, 4.69) is 10.2 Å². The summed E-state index contributed by atoms with van der Waals surface area (Å²) in [5, 5.41) is 5.73. The Labute approximate surface area is 146 Å². The summed E-state index contributed by atoms with van der Waals surface area (Å²) in [5.41, 5.74) is 2.30. The molecule has 3 rings (SSSR count). The van der Waals surface area contributed by atoms with Crippen LogP contribution in [-0.2, 0) is 23.9 Å². The van der Waals surface area contributed by atoms with Crippen molar-refractivity contribution in [1.82, 2.24) is 19.8 Å². The number of nitrogens with two attached hydrogens (primary N) is 1. The first-order chi connectivity index (χ1) is 11.8. The zero-order chi connectivity index (χ0) is 18.2. The number of hydrogen-bond acceptors (Lipinski definition) is 5. The Morgan fingerprint density at radius 2 is 1.96 bits per heavy atom. The molecule has 0 bridgehead atoms. The Morgan fingerprint density at radius 1 is 1.28 bits per heavy atom. The average molecular weight is 371 g/mol. The summed E-state index contributed by atoms with van der Waals surface area (Å²) in [5.74, 6) is 3.94. The van der Waals surface area contributed by atoms with Gasteiger partial charge in [-0.05, 0) is 24.5 Å². The van der Waals surface area contributed by atoms with Crippen LogP contribution in [0.5, 0.6) is 0 Å². The van der Waals surface area contributed by atoms with Crippen molar-refractivity contribution >= 4 is 17.7 Å². The number of carbonyl (C=O) groups is 1. The molecule has 10 heteroatoms. The van der Waals surface area contributed by atoms with Gasteiger partial charge in [-0.3, -0.25) is 4.79 Å². The Kier molecular flexibility index (Phi) is 4.63. The number of aromatic nitrogens is 3. The number of fused-ring (bicyclic) bond motifs is 1. The second kappa shape index (κ2) is 6.58. The zero-order valence-corrected chi connectivity index (χ0v) is 14.1. The first kappa shape index (κ1) is 17.6. The first-order valence-electron chi connectivity index (χ1n) is 7.57. The van der Waals surface area contributed by atoms with Gasteiger partial charge in [0.05, 0.1) is 5.25 Å². The minimum Gasteiger partial charge on any atom is -0.337 e. The Morgan fingerprint density at radius 3 is 2.60 bits per heavy atom. The van der Waals surface area contributed by atoms with Crippen LogP contribution < -0.4 is 5.84 Å². The molecule has 1 aliphatic rings. The van der Waals surface area contributed by atoms with Gasteiger partial charge in [0.1, 0.15) is 0 Å². The lowest BCUT2D eigenvalue weighted by atomic mass is 10.00. The average Bonchev–Trinajstić information content (AvgIpc) is 2.94. The molecule has 0 aliphatic carbocycles. The van der Waals surface area contributed by atoms with E-state index in [1.807, 2.05) is 24.3 Å². The normalized spacial score (nSPS) is 15.8. The van der Waals surface area contributed by atoms with Gasteiger partial charge >= 0.3 is 6.18 Å². The molecule has 0 unspecified atom stereocenters. The largest absolute Gasteiger partial charge is 0.453 e. The number of alkyl halides is 3. The van der Waals surface area contributed by atoms with Crippen LogP contribution in [-0.4, -0.2) is 37.5 Å². The third-order valence-corrected chi connectivity index (χ3v) is 5.03. The minimum absolute atomic E-state index is 0.148. The second-order valence-electron chi connectivity index (χ2n) is 5.71. The predicted molar refractivity (Wildman–Crippen MR) is 86.1 cm³/mol. The Balaban J connectivity index is 1.69. The molecule has 2 aromatic rings. The molecule has 2 N–H and O–H groups in total. The maximum atomic E-state index is 12.7. The van der Waals surface area contributed by atoms with E-state index >= 15 is 0 Å². The highest BCUT2D eigenvalue weighted by molar-refractivity contribution is 8.00. The lowest BCUT2D eigenvalue weighted by Gasteiger charge is -2.30. The van der Waals surface area contributed by atoms with Gasteiger partial charge in [0.15, 0.2) is 0 Å². The van der Waals surface area contributed by atoms with Crippen LogP contribution >= 0.6 is 11.8 Å². The number of rotatable bonds is 3. The third kappa shape index (κ3) is 3.58. The number of hydrogen-bond donors (Lipinski definition) is 1. The van der Waals surface area contributed by atoms with E-state index < -0.39 is 17.3 Å². The molecule has 6 nitrogen and oxygen atoms in total. The lowest BCUT2D eigenvalue weighted by molar-refractivity contribution is -0.146. The molecule has 0 saturated heterocycles. The third-order valence-electron chi connectivity index (χ3n) is 3.99. The fourth-order valence-corrected chi connectivity index (χ4v) is 3.55. The van der Waals surface area contributed by atoms with Crippen molar-refractivity contribution < 1.29 is 18.0 Å². The van der Waals surface area contributed by atoms with E-state index in [0.29, 0.717) is 17.8 Å².